The molecule has 1 N–H and O–H groups in total. The molecule has 1 aromatic carbocycles. The van der Waals surface area contributed by atoms with E-state index in [-0.39, 0.29) is 11.1 Å². The van der Waals surface area contributed by atoms with E-state index in [1.807, 2.05) is 12.1 Å². The third kappa shape index (κ3) is 5.08. The van der Waals surface area contributed by atoms with Crippen LogP contribution in [0.4, 0.5) is 0 Å². The van der Waals surface area contributed by atoms with Gasteiger partial charge in [-0.3, -0.25) is 9.59 Å². The first-order valence-electron chi connectivity index (χ1n) is 10.9. The van der Waals surface area contributed by atoms with Gasteiger partial charge in [0, 0.05) is 5.69 Å². The Bertz CT molecular complexity index is 1110. The number of hydrogen-bond acceptors (Lipinski definition) is 5. The van der Waals surface area contributed by atoms with Gasteiger partial charge < -0.3 is 14.6 Å². The van der Waals surface area contributed by atoms with Crippen molar-refractivity contribution in [3.8, 4) is 6.07 Å². The number of nitrogens with zero attached hydrogens (tertiary/aromatic N) is 2. The Morgan fingerprint density at radius 3 is 2.41 bits per heavy atom. The zero-order valence-corrected chi connectivity index (χ0v) is 18.9. The van der Waals surface area contributed by atoms with Gasteiger partial charge in [-0.1, -0.05) is 25.0 Å². The van der Waals surface area contributed by atoms with Crippen LogP contribution in [0.15, 0.2) is 35.1 Å². The summed E-state index contributed by atoms with van der Waals surface area (Å²) in [6.45, 7) is 3.40. The van der Waals surface area contributed by atoms with Gasteiger partial charge in [0.2, 0.25) is 0 Å². The molecule has 7 nitrogen and oxygen atoms in total. The van der Waals surface area contributed by atoms with Crippen molar-refractivity contribution in [3.63, 3.8) is 0 Å². The number of nitrogens with one attached hydrogen (secondary N) is 1. The van der Waals surface area contributed by atoms with Gasteiger partial charge in [-0.2, -0.15) is 5.26 Å². The predicted molar refractivity (Wildman–Crippen MR) is 120 cm³/mol. The Kier molecular flexibility index (Phi) is 7.14. The molecule has 1 heterocycles. The van der Waals surface area contributed by atoms with Crippen LogP contribution in [0.3, 0.4) is 0 Å². The average Bonchev–Trinajstić information content (AvgIpc) is 2.76. The van der Waals surface area contributed by atoms with E-state index in [0.29, 0.717) is 12.1 Å². The zero-order valence-electron chi connectivity index (χ0n) is 18.9. The van der Waals surface area contributed by atoms with Crippen LogP contribution in [0.5, 0.6) is 0 Å². The molecule has 0 unspecified atom stereocenters. The summed E-state index contributed by atoms with van der Waals surface area (Å²) in [5, 5.41) is 11.7. The summed E-state index contributed by atoms with van der Waals surface area (Å²) in [5.74, 6) is -1.18. The first-order chi connectivity index (χ1) is 15.3. The smallest absolute Gasteiger partial charge is 0.330 e. The number of ether oxygens (including phenoxy) is 1. The molecule has 0 atom stereocenters. The van der Waals surface area contributed by atoms with Gasteiger partial charge in [-0.15, -0.1) is 0 Å². The molecular formula is C25H29N3O4. The van der Waals surface area contributed by atoms with Crippen molar-refractivity contribution in [2.45, 2.75) is 64.5 Å². The number of aryl methyl sites for hydroxylation is 1. The van der Waals surface area contributed by atoms with Crippen LogP contribution in [-0.2, 0) is 28.9 Å². The molecule has 32 heavy (non-hydrogen) atoms. The number of pyridine rings is 1. The fraction of sp³-hybridized carbons (Fsp3) is 0.440. The number of nitriles is 1. The molecule has 0 fully saturated rings. The Morgan fingerprint density at radius 1 is 1.12 bits per heavy atom. The molecular weight excluding hydrogens is 406 g/mol. The number of rotatable bonds is 5. The summed E-state index contributed by atoms with van der Waals surface area (Å²) in [6, 6.07) is 10.9. The predicted octanol–water partition coefficient (Wildman–Crippen LogP) is 3.11. The van der Waals surface area contributed by atoms with E-state index in [4.69, 9.17) is 10.00 Å². The fourth-order valence-electron chi connectivity index (χ4n) is 4.09. The molecule has 0 spiro atoms. The molecule has 1 amide bonds. The maximum absolute atomic E-state index is 13.5. The molecule has 1 aliphatic carbocycles. The van der Waals surface area contributed by atoms with E-state index >= 15 is 0 Å². The van der Waals surface area contributed by atoms with Crippen LogP contribution in [0.1, 0.15) is 72.3 Å². The first kappa shape index (κ1) is 23.3. The highest BCUT2D eigenvalue weighted by Crippen LogP contribution is 2.21. The van der Waals surface area contributed by atoms with Gasteiger partial charge in [0.15, 0.2) is 0 Å². The van der Waals surface area contributed by atoms with E-state index in [9.17, 15) is 14.4 Å². The normalized spacial score (nSPS) is 13.8. The second kappa shape index (κ2) is 9.82. The van der Waals surface area contributed by atoms with Crippen molar-refractivity contribution >= 4 is 11.9 Å². The topological polar surface area (TPSA) is 101 Å². The number of fused-ring (bicyclic) bond motifs is 1. The van der Waals surface area contributed by atoms with Crippen molar-refractivity contribution in [2.75, 3.05) is 7.11 Å². The molecule has 168 valence electrons. The number of aromatic nitrogens is 1. The Morgan fingerprint density at radius 2 is 1.78 bits per heavy atom. The van der Waals surface area contributed by atoms with E-state index in [2.05, 4.69) is 11.4 Å². The van der Waals surface area contributed by atoms with E-state index in [0.717, 1.165) is 55.3 Å². The largest absolute Gasteiger partial charge is 0.467 e. The van der Waals surface area contributed by atoms with Crippen molar-refractivity contribution in [1.29, 1.82) is 5.26 Å². The molecule has 7 heteroatoms. The van der Waals surface area contributed by atoms with Crippen LogP contribution < -0.4 is 10.9 Å². The third-order valence-corrected chi connectivity index (χ3v) is 5.89. The van der Waals surface area contributed by atoms with E-state index < -0.39 is 17.4 Å². The summed E-state index contributed by atoms with van der Waals surface area (Å²) < 4.78 is 6.45. The number of amides is 1. The number of benzene rings is 1. The Hall–Kier alpha value is -3.40. The SMILES string of the molecule is COC(=O)C(C)(C)NC(=O)c1cc2c(n(Cc3ccc(C#N)cc3)c1=O)CCCCCC2. The Balaban J connectivity index is 2.06. The summed E-state index contributed by atoms with van der Waals surface area (Å²) in [4.78, 5) is 38.5. The van der Waals surface area contributed by atoms with E-state index in [1.54, 1.807) is 36.6 Å². The molecule has 0 saturated carbocycles. The quantitative estimate of drug-likeness (QED) is 0.727. The molecule has 0 saturated heterocycles. The molecule has 0 radical (unpaired) electrons. The van der Waals surface area contributed by atoms with E-state index in [1.165, 1.54) is 7.11 Å². The highest BCUT2D eigenvalue weighted by atomic mass is 16.5. The second-order valence-corrected chi connectivity index (χ2v) is 8.71. The van der Waals surface area contributed by atoms with Crippen LogP contribution in [0.2, 0.25) is 0 Å². The van der Waals surface area contributed by atoms with Crippen LogP contribution in [-0.4, -0.2) is 29.1 Å². The molecule has 3 rings (SSSR count). The van der Waals surface area contributed by atoms with Crippen LogP contribution in [0, 0.1) is 11.3 Å². The number of hydrogen-bond donors (Lipinski definition) is 1. The van der Waals surface area contributed by atoms with Gasteiger partial charge in [0.25, 0.3) is 11.5 Å². The maximum atomic E-state index is 13.5. The highest BCUT2D eigenvalue weighted by molar-refractivity contribution is 5.97. The number of methoxy groups -OCH3 is 1. The molecule has 2 aromatic rings. The summed E-state index contributed by atoms with van der Waals surface area (Å²) in [5.41, 5.74) is 1.77. The van der Waals surface area contributed by atoms with Gasteiger partial charge in [0.05, 0.1) is 25.3 Å². The lowest BCUT2D eigenvalue weighted by Gasteiger charge is -2.25. The molecule has 0 bridgehead atoms. The minimum absolute atomic E-state index is 0.0231. The number of carbonyl (C=O) groups is 2. The first-order valence-corrected chi connectivity index (χ1v) is 10.9. The maximum Gasteiger partial charge on any atom is 0.330 e. The van der Waals surface area contributed by atoms with Gasteiger partial charge in [-0.25, -0.2) is 4.79 Å². The van der Waals surface area contributed by atoms with Gasteiger partial charge in [0.1, 0.15) is 11.1 Å². The molecule has 0 aliphatic heterocycles. The van der Waals surface area contributed by atoms with Gasteiger partial charge >= 0.3 is 5.97 Å². The minimum atomic E-state index is -1.26. The number of esters is 1. The van der Waals surface area contributed by atoms with Gasteiger partial charge in [-0.05, 0) is 68.9 Å². The molecule has 1 aliphatic rings. The standard InChI is InChI=1S/C25H29N3O4/c1-25(2,24(31)32-3)27-22(29)20-14-19-8-6-4-5-7-9-21(19)28(23(20)30)16-18-12-10-17(15-26)11-13-18/h10-14H,4-9,16H2,1-3H3,(H,27,29). The monoisotopic (exact) mass is 435 g/mol. The lowest BCUT2D eigenvalue weighted by atomic mass is 9.95. The second-order valence-electron chi connectivity index (χ2n) is 8.71. The summed E-state index contributed by atoms with van der Waals surface area (Å²) in [7, 11) is 1.26. The van der Waals surface area contributed by atoms with Crippen LogP contribution in [0.25, 0.3) is 0 Å². The lowest BCUT2D eigenvalue weighted by molar-refractivity contribution is -0.146. The van der Waals surface area contributed by atoms with Crippen molar-refractivity contribution in [2.24, 2.45) is 0 Å². The fourth-order valence-corrected chi connectivity index (χ4v) is 4.09. The van der Waals surface area contributed by atoms with Crippen molar-refractivity contribution in [1.82, 2.24) is 9.88 Å². The lowest BCUT2D eigenvalue weighted by Crippen LogP contribution is -2.51. The average molecular weight is 436 g/mol. The summed E-state index contributed by atoms with van der Waals surface area (Å²) >= 11 is 0. The third-order valence-electron chi connectivity index (χ3n) is 5.89. The minimum Gasteiger partial charge on any atom is -0.467 e. The van der Waals surface area contributed by atoms with Crippen molar-refractivity contribution in [3.05, 3.63) is 68.6 Å². The Labute approximate surface area is 188 Å². The van der Waals surface area contributed by atoms with Crippen LogP contribution >= 0.6 is 0 Å². The van der Waals surface area contributed by atoms with Crippen molar-refractivity contribution < 1.29 is 14.3 Å². The molecule has 1 aromatic heterocycles. The summed E-state index contributed by atoms with van der Waals surface area (Å²) in [6.07, 6.45) is 5.78. The zero-order chi connectivity index (χ0) is 23.3. The highest BCUT2D eigenvalue weighted by Gasteiger charge is 2.32. The number of carbonyl (C=O) groups excluding carboxylic acids is 2.